The van der Waals surface area contributed by atoms with Crippen LogP contribution in [0.25, 0.3) is 76.7 Å². The third-order valence-corrected chi connectivity index (χ3v) is 6.79. The van der Waals surface area contributed by atoms with Crippen LogP contribution in [-0.2, 0) is 0 Å². The number of furan rings is 2. The third kappa shape index (κ3) is 2.61. The van der Waals surface area contributed by atoms with Gasteiger partial charge in [-0.05, 0) is 50.9 Å². The first kappa shape index (κ1) is 13.3. The van der Waals surface area contributed by atoms with Crippen LogP contribution in [0, 0.1) is 0 Å². The zero-order chi connectivity index (χ0) is 30.6. The van der Waals surface area contributed by atoms with E-state index in [9.17, 15) is 0 Å². The first-order valence-corrected chi connectivity index (χ1v) is 11.5. The fourth-order valence-corrected chi connectivity index (χ4v) is 5.29. The molecule has 8 rings (SSSR count). The van der Waals surface area contributed by atoms with Crippen molar-refractivity contribution in [3.8, 4) is 22.3 Å². The van der Waals surface area contributed by atoms with Crippen molar-refractivity contribution in [2.45, 2.75) is 0 Å². The van der Waals surface area contributed by atoms with Gasteiger partial charge in [0.15, 0.2) is 0 Å². The van der Waals surface area contributed by atoms with Gasteiger partial charge in [-0.1, -0.05) is 96.9 Å². The molecule has 0 saturated carbocycles. The van der Waals surface area contributed by atoms with Crippen LogP contribution in [0.2, 0.25) is 0 Å². The van der Waals surface area contributed by atoms with Crippen molar-refractivity contribution in [2.75, 3.05) is 0 Å². The van der Waals surface area contributed by atoms with Gasteiger partial charge in [-0.2, -0.15) is 0 Å². The largest absolute Gasteiger partial charge is 0.464 e. The van der Waals surface area contributed by atoms with E-state index in [0.717, 1.165) is 10.8 Å². The monoisotopic (exact) mass is 468 g/mol. The van der Waals surface area contributed by atoms with Crippen LogP contribution in [-0.4, -0.2) is 0 Å². The van der Waals surface area contributed by atoms with Crippen LogP contribution in [0.3, 0.4) is 0 Å². The zero-order valence-electron chi connectivity index (χ0n) is 26.7. The first-order valence-electron chi connectivity index (χ1n) is 15.5. The molecule has 2 heterocycles. The molecule has 2 nitrogen and oxygen atoms in total. The molecule has 0 spiro atoms. The van der Waals surface area contributed by atoms with E-state index in [-0.39, 0.29) is 51.3 Å². The van der Waals surface area contributed by atoms with Gasteiger partial charge in [-0.25, -0.2) is 0 Å². The minimum Gasteiger partial charge on any atom is -0.464 e. The highest BCUT2D eigenvalue weighted by Crippen LogP contribution is 2.46. The van der Waals surface area contributed by atoms with Crippen LogP contribution in [0.4, 0.5) is 0 Å². The van der Waals surface area contributed by atoms with Gasteiger partial charge in [0.1, 0.15) is 16.7 Å². The molecule has 2 aromatic heterocycles. The standard InChI is InChI=1S/C34H20O2/c1-2-9-21(10-3-1)30-23-11-4-6-13-25(23)31(26-14-7-5-12-24(26)30)27-15-8-16-28-32-29(36-34(27)28)18-17-22-19-20-35-33(22)32/h1-20H/i4D,5D,6D,7D,11D,12D,13D,14D. The molecule has 0 aliphatic carbocycles. The second-order valence-electron chi connectivity index (χ2n) is 8.68. The summed E-state index contributed by atoms with van der Waals surface area (Å²) in [5.74, 6) is 0. The van der Waals surface area contributed by atoms with Gasteiger partial charge < -0.3 is 8.83 Å². The molecule has 0 aliphatic heterocycles. The lowest BCUT2D eigenvalue weighted by atomic mass is 9.85. The van der Waals surface area contributed by atoms with Gasteiger partial charge in [0, 0.05) is 21.9 Å². The third-order valence-electron chi connectivity index (χ3n) is 6.79. The van der Waals surface area contributed by atoms with E-state index >= 15 is 0 Å². The Morgan fingerprint density at radius 3 is 1.97 bits per heavy atom. The molecule has 0 atom stereocenters. The maximum Gasteiger partial charge on any atom is 0.145 e. The Bertz CT molecular complexity index is 2450. The SMILES string of the molecule is [2H]c1c([2H])c([2H])c2c(-c3cccc4c3oc3ccc5ccoc5c34)c3c([2H])c([2H])c([2H])c([2H])c3c(-c3ccccc3)c2c1[2H]. The predicted molar refractivity (Wildman–Crippen MR) is 149 cm³/mol. The Morgan fingerprint density at radius 2 is 1.25 bits per heavy atom. The molecular formula is C34H20O2. The molecule has 36 heavy (non-hydrogen) atoms. The van der Waals surface area contributed by atoms with E-state index in [2.05, 4.69) is 0 Å². The molecule has 0 N–H and O–H groups in total. The highest BCUT2D eigenvalue weighted by Gasteiger charge is 2.21. The molecule has 0 amide bonds. The molecule has 0 bridgehead atoms. The number of benzene rings is 6. The number of rotatable bonds is 2. The van der Waals surface area contributed by atoms with E-state index in [1.165, 1.54) is 0 Å². The Hall–Kier alpha value is -4.82. The fraction of sp³-hybridized carbons (Fsp3) is 0. The number of fused-ring (bicyclic) bond motifs is 7. The van der Waals surface area contributed by atoms with Crippen molar-refractivity contribution < 1.29 is 19.8 Å². The fourth-order valence-electron chi connectivity index (χ4n) is 5.29. The van der Waals surface area contributed by atoms with Crippen LogP contribution in [0.5, 0.6) is 0 Å². The lowest BCUT2D eigenvalue weighted by molar-refractivity contribution is 0.618. The Kier molecular flexibility index (Phi) is 2.71. The number of para-hydroxylation sites is 1. The zero-order valence-corrected chi connectivity index (χ0v) is 18.7. The predicted octanol–water partition coefficient (Wildman–Crippen LogP) is 9.97. The van der Waals surface area contributed by atoms with Gasteiger partial charge in [0.25, 0.3) is 0 Å². The van der Waals surface area contributed by atoms with Crippen molar-refractivity contribution in [1.29, 1.82) is 0 Å². The van der Waals surface area contributed by atoms with Crippen molar-refractivity contribution in [2.24, 2.45) is 0 Å². The maximum absolute atomic E-state index is 9.14. The summed E-state index contributed by atoms with van der Waals surface area (Å²) in [5, 5.41) is 2.94. The number of hydrogen-bond acceptors (Lipinski definition) is 2. The van der Waals surface area contributed by atoms with Crippen molar-refractivity contribution >= 4 is 54.5 Å². The van der Waals surface area contributed by atoms with Gasteiger partial charge in [0.2, 0.25) is 0 Å². The summed E-state index contributed by atoms with van der Waals surface area (Å²) in [5.41, 5.74) is 3.14. The van der Waals surface area contributed by atoms with E-state index in [4.69, 9.17) is 19.8 Å². The smallest absolute Gasteiger partial charge is 0.145 e. The molecule has 0 fully saturated rings. The molecule has 0 unspecified atom stereocenters. The van der Waals surface area contributed by atoms with Crippen molar-refractivity contribution in [3.05, 3.63) is 121 Å². The van der Waals surface area contributed by atoms with Crippen LogP contribution < -0.4 is 0 Å². The topological polar surface area (TPSA) is 26.3 Å². The van der Waals surface area contributed by atoms with Crippen LogP contribution in [0.15, 0.2) is 130 Å². The summed E-state index contributed by atoms with van der Waals surface area (Å²) in [6.45, 7) is 0. The Balaban J connectivity index is 1.71. The minimum absolute atomic E-state index is 0.142. The summed E-state index contributed by atoms with van der Waals surface area (Å²) in [4.78, 5) is 0. The molecular weight excluding hydrogens is 440 g/mol. The molecule has 0 saturated heterocycles. The van der Waals surface area contributed by atoms with Gasteiger partial charge in [0.05, 0.1) is 22.6 Å². The highest BCUT2D eigenvalue weighted by atomic mass is 16.3. The van der Waals surface area contributed by atoms with Gasteiger partial charge >= 0.3 is 0 Å². The van der Waals surface area contributed by atoms with E-state index in [1.54, 1.807) is 42.7 Å². The molecule has 6 aromatic carbocycles. The molecule has 2 heteroatoms. The molecule has 8 aromatic rings. The summed E-state index contributed by atoms with van der Waals surface area (Å²) >= 11 is 0. The van der Waals surface area contributed by atoms with E-state index in [0.29, 0.717) is 38.8 Å². The van der Waals surface area contributed by atoms with Gasteiger partial charge in [-0.15, -0.1) is 0 Å². The summed E-state index contributed by atoms with van der Waals surface area (Å²) in [6.07, 6.45) is 1.60. The normalized spacial score (nSPS) is 15.0. The highest BCUT2D eigenvalue weighted by molar-refractivity contribution is 6.25. The van der Waals surface area contributed by atoms with Gasteiger partial charge in [-0.3, -0.25) is 0 Å². The van der Waals surface area contributed by atoms with Crippen LogP contribution in [0.1, 0.15) is 11.0 Å². The van der Waals surface area contributed by atoms with E-state index < -0.39 is 24.2 Å². The van der Waals surface area contributed by atoms with E-state index in [1.807, 2.05) is 30.3 Å². The van der Waals surface area contributed by atoms with Crippen molar-refractivity contribution in [1.82, 2.24) is 0 Å². The average molecular weight is 469 g/mol. The Labute approximate surface area is 218 Å². The second kappa shape index (κ2) is 7.34. The maximum atomic E-state index is 9.14. The quantitative estimate of drug-likeness (QED) is 0.236. The lowest BCUT2D eigenvalue weighted by Gasteiger charge is -2.17. The molecule has 0 aliphatic rings. The molecule has 168 valence electrons. The lowest BCUT2D eigenvalue weighted by Crippen LogP contribution is -1.90. The average Bonchev–Trinajstić information content (AvgIpc) is 3.68. The Morgan fingerprint density at radius 1 is 0.556 bits per heavy atom. The summed E-state index contributed by atoms with van der Waals surface area (Å²) < 4.78 is 83.1. The first-order chi connectivity index (χ1) is 21.2. The van der Waals surface area contributed by atoms with Crippen molar-refractivity contribution in [3.63, 3.8) is 0 Å². The molecule has 0 radical (unpaired) electrons. The summed E-state index contributed by atoms with van der Waals surface area (Å²) in [7, 11) is 0. The number of hydrogen-bond donors (Lipinski definition) is 0. The summed E-state index contributed by atoms with van der Waals surface area (Å²) in [6, 6.07) is 16.9. The second-order valence-corrected chi connectivity index (χ2v) is 8.68. The minimum atomic E-state index is -0.447. The van der Waals surface area contributed by atoms with Crippen LogP contribution >= 0.6 is 0 Å².